The van der Waals surface area contributed by atoms with E-state index in [0.29, 0.717) is 5.92 Å². The van der Waals surface area contributed by atoms with Crippen molar-refractivity contribution in [3.05, 3.63) is 60.7 Å². The molecule has 3 aromatic rings. The average molecular weight is 335 g/mol. The Bertz CT molecular complexity index is 804. The molecule has 3 heterocycles. The van der Waals surface area contributed by atoms with Crippen LogP contribution in [0.2, 0.25) is 0 Å². The summed E-state index contributed by atoms with van der Waals surface area (Å²) < 4.78 is 4.24. The first-order chi connectivity index (χ1) is 12.3. The second-order valence-corrected chi connectivity index (χ2v) is 6.86. The highest BCUT2D eigenvalue weighted by molar-refractivity contribution is 5.44. The van der Waals surface area contributed by atoms with Gasteiger partial charge in [0.05, 0.1) is 0 Å². The minimum absolute atomic E-state index is 0.659. The zero-order chi connectivity index (χ0) is 17.1. The molecular formula is C20H25N5. The highest BCUT2D eigenvalue weighted by Gasteiger charge is 2.21. The second kappa shape index (κ2) is 7.23. The van der Waals surface area contributed by atoms with E-state index in [1.54, 1.807) is 0 Å². The van der Waals surface area contributed by atoms with Gasteiger partial charge in [-0.2, -0.15) is 0 Å². The van der Waals surface area contributed by atoms with Crippen LogP contribution in [0.25, 0.3) is 11.6 Å². The van der Waals surface area contributed by atoms with Crippen molar-refractivity contribution in [2.75, 3.05) is 19.6 Å². The molecule has 0 amide bonds. The lowest BCUT2D eigenvalue weighted by Crippen LogP contribution is -2.36. The lowest BCUT2D eigenvalue weighted by molar-refractivity contribution is 0.201. The number of hydrogen-bond acceptors (Lipinski definition) is 3. The smallest absolute Gasteiger partial charge is 0.176 e. The van der Waals surface area contributed by atoms with Gasteiger partial charge in [-0.25, -0.2) is 9.97 Å². The minimum Gasteiger partial charge on any atom is -0.331 e. The maximum Gasteiger partial charge on any atom is 0.176 e. The predicted molar refractivity (Wildman–Crippen MR) is 99.3 cm³/mol. The molecule has 4 rings (SSSR count). The molecule has 1 aromatic carbocycles. The summed E-state index contributed by atoms with van der Waals surface area (Å²) in [6.45, 7) is 4.34. The van der Waals surface area contributed by atoms with Crippen molar-refractivity contribution in [1.29, 1.82) is 0 Å². The summed E-state index contributed by atoms with van der Waals surface area (Å²) in [4.78, 5) is 11.5. The molecule has 0 aliphatic carbocycles. The first-order valence-electron chi connectivity index (χ1n) is 9.07. The van der Waals surface area contributed by atoms with Gasteiger partial charge in [-0.3, -0.25) is 0 Å². The molecule has 2 aromatic heterocycles. The zero-order valence-electron chi connectivity index (χ0n) is 14.8. The van der Waals surface area contributed by atoms with Crippen LogP contribution < -0.4 is 0 Å². The lowest BCUT2D eigenvalue weighted by atomic mass is 9.91. The van der Waals surface area contributed by atoms with Crippen LogP contribution in [0.15, 0.2) is 55.1 Å². The van der Waals surface area contributed by atoms with E-state index in [-0.39, 0.29) is 0 Å². The third-order valence-corrected chi connectivity index (χ3v) is 5.17. The van der Waals surface area contributed by atoms with E-state index in [4.69, 9.17) is 0 Å². The number of likely N-dealkylation sites (tertiary alicyclic amines) is 1. The Balaban J connectivity index is 1.41. The van der Waals surface area contributed by atoms with Crippen molar-refractivity contribution in [3.8, 4) is 11.6 Å². The fourth-order valence-electron chi connectivity index (χ4n) is 3.78. The van der Waals surface area contributed by atoms with E-state index in [1.807, 2.05) is 30.2 Å². The summed E-state index contributed by atoms with van der Waals surface area (Å²) in [6.07, 6.45) is 10.3. The number of nitrogens with zero attached hydrogens (tertiary/aromatic N) is 5. The Morgan fingerprint density at radius 3 is 2.60 bits per heavy atom. The van der Waals surface area contributed by atoms with Crippen molar-refractivity contribution in [2.24, 2.45) is 7.05 Å². The van der Waals surface area contributed by atoms with E-state index in [0.717, 1.165) is 31.3 Å². The molecule has 1 atom stereocenters. The van der Waals surface area contributed by atoms with Gasteiger partial charge in [0.15, 0.2) is 11.6 Å². The molecular weight excluding hydrogens is 310 g/mol. The standard InChI is InChI=1S/C20H25N5/c1-23-12-9-21-19(23)20-22-10-13-25(20)15-14-24-11-5-8-18(16-24)17-6-3-2-4-7-17/h2-4,6-7,9-10,12-13,18H,5,8,11,14-16H2,1H3/t18-/m1/s1. The van der Waals surface area contributed by atoms with Gasteiger partial charge in [-0.05, 0) is 30.9 Å². The van der Waals surface area contributed by atoms with Crippen molar-refractivity contribution in [1.82, 2.24) is 24.0 Å². The molecule has 1 fully saturated rings. The largest absolute Gasteiger partial charge is 0.331 e. The molecule has 5 heteroatoms. The van der Waals surface area contributed by atoms with E-state index < -0.39 is 0 Å². The third-order valence-electron chi connectivity index (χ3n) is 5.17. The van der Waals surface area contributed by atoms with Crippen molar-refractivity contribution in [2.45, 2.75) is 25.3 Å². The Hall–Kier alpha value is -2.40. The zero-order valence-corrected chi connectivity index (χ0v) is 14.8. The SMILES string of the molecule is Cn1ccnc1-c1nccn1CCN1CCC[C@@H](c2ccccc2)C1. The van der Waals surface area contributed by atoms with Gasteiger partial charge in [0.25, 0.3) is 0 Å². The number of hydrogen-bond donors (Lipinski definition) is 0. The van der Waals surface area contributed by atoms with Crippen LogP contribution in [0.1, 0.15) is 24.3 Å². The summed E-state index contributed by atoms with van der Waals surface area (Å²) in [5.74, 6) is 2.53. The normalized spacial score (nSPS) is 18.5. The monoisotopic (exact) mass is 335 g/mol. The van der Waals surface area contributed by atoms with Crippen LogP contribution in [-0.4, -0.2) is 43.6 Å². The Morgan fingerprint density at radius 2 is 1.80 bits per heavy atom. The average Bonchev–Trinajstić information content (AvgIpc) is 3.29. The molecule has 0 unspecified atom stereocenters. The summed E-state index contributed by atoms with van der Waals surface area (Å²) in [6, 6.07) is 10.9. The predicted octanol–water partition coefficient (Wildman–Crippen LogP) is 3.16. The molecule has 5 nitrogen and oxygen atoms in total. The third kappa shape index (κ3) is 3.51. The Morgan fingerprint density at radius 1 is 1.00 bits per heavy atom. The highest BCUT2D eigenvalue weighted by atomic mass is 15.2. The molecule has 130 valence electrons. The van der Waals surface area contributed by atoms with Gasteiger partial charge in [-0.15, -0.1) is 0 Å². The van der Waals surface area contributed by atoms with Gasteiger partial charge in [0, 0.05) is 51.5 Å². The number of benzene rings is 1. The van der Waals surface area contributed by atoms with Crippen molar-refractivity contribution >= 4 is 0 Å². The van der Waals surface area contributed by atoms with Gasteiger partial charge < -0.3 is 14.0 Å². The number of aromatic nitrogens is 4. The molecule has 1 saturated heterocycles. The van der Waals surface area contributed by atoms with Gasteiger partial charge in [-0.1, -0.05) is 30.3 Å². The first kappa shape index (κ1) is 16.1. The van der Waals surface area contributed by atoms with E-state index in [9.17, 15) is 0 Å². The van der Waals surface area contributed by atoms with E-state index in [2.05, 4.69) is 56.0 Å². The van der Waals surface area contributed by atoms with Gasteiger partial charge >= 0.3 is 0 Å². The van der Waals surface area contributed by atoms with Crippen LogP contribution in [0.4, 0.5) is 0 Å². The Kier molecular flexibility index (Phi) is 4.65. The molecule has 25 heavy (non-hydrogen) atoms. The number of imidazole rings is 2. The number of piperidine rings is 1. The highest BCUT2D eigenvalue weighted by Crippen LogP contribution is 2.26. The molecule has 1 aliphatic rings. The molecule has 0 N–H and O–H groups in total. The van der Waals surface area contributed by atoms with Gasteiger partial charge in [0.2, 0.25) is 0 Å². The molecule has 1 aliphatic heterocycles. The first-order valence-corrected chi connectivity index (χ1v) is 9.07. The Labute approximate surface area is 148 Å². The fraction of sp³-hybridized carbons (Fsp3) is 0.400. The second-order valence-electron chi connectivity index (χ2n) is 6.86. The summed E-state index contributed by atoms with van der Waals surface area (Å²) >= 11 is 0. The van der Waals surface area contributed by atoms with Crippen LogP contribution in [-0.2, 0) is 13.6 Å². The van der Waals surface area contributed by atoms with Gasteiger partial charge in [0.1, 0.15) is 0 Å². The van der Waals surface area contributed by atoms with E-state index >= 15 is 0 Å². The molecule has 0 saturated carbocycles. The maximum atomic E-state index is 4.51. The summed E-state index contributed by atoms with van der Waals surface area (Å²) in [5, 5.41) is 0. The number of aryl methyl sites for hydroxylation is 1. The molecule has 0 radical (unpaired) electrons. The fourth-order valence-corrected chi connectivity index (χ4v) is 3.78. The quantitative estimate of drug-likeness (QED) is 0.719. The maximum absolute atomic E-state index is 4.51. The van der Waals surface area contributed by atoms with Crippen molar-refractivity contribution < 1.29 is 0 Å². The summed E-state index contributed by atoms with van der Waals surface area (Å²) in [7, 11) is 2.01. The minimum atomic E-state index is 0.659. The van der Waals surface area contributed by atoms with Crippen LogP contribution in [0, 0.1) is 0 Å². The van der Waals surface area contributed by atoms with Crippen LogP contribution in [0.5, 0.6) is 0 Å². The number of rotatable bonds is 5. The summed E-state index contributed by atoms with van der Waals surface area (Å²) in [5.41, 5.74) is 1.48. The van der Waals surface area contributed by atoms with Crippen molar-refractivity contribution in [3.63, 3.8) is 0 Å². The molecule has 0 spiro atoms. The lowest BCUT2D eigenvalue weighted by Gasteiger charge is -2.33. The topological polar surface area (TPSA) is 38.9 Å². The van der Waals surface area contributed by atoms with Crippen LogP contribution >= 0.6 is 0 Å². The van der Waals surface area contributed by atoms with E-state index in [1.165, 1.54) is 24.9 Å². The van der Waals surface area contributed by atoms with Crippen LogP contribution in [0.3, 0.4) is 0 Å². The molecule has 0 bridgehead atoms.